The summed E-state index contributed by atoms with van der Waals surface area (Å²) in [6.45, 7) is 7.26. The zero-order valence-corrected chi connectivity index (χ0v) is 19.0. The molecule has 4 nitrogen and oxygen atoms in total. The summed E-state index contributed by atoms with van der Waals surface area (Å²) in [4.78, 5) is 11.8. The lowest BCUT2D eigenvalue weighted by Crippen LogP contribution is -2.39. The molecule has 0 N–H and O–H groups in total. The number of unbranched alkanes of at least 4 members (excludes halogenated alkanes) is 4. The minimum atomic E-state index is -0.623. The van der Waals surface area contributed by atoms with Crippen LogP contribution in [0.4, 0.5) is 0 Å². The first-order valence-electron chi connectivity index (χ1n) is 11.1. The van der Waals surface area contributed by atoms with E-state index in [0.29, 0.717) is 0 Å². The Morgan fingerprint density at radius 2 is 1.69 bits per heavy atom. The third-order valence-electron chi connectivity index (χ3n) is 5.93. The van der Waals surface area contributed by atoms with Gasteiger partial charge in [0.2, 0.25) is 0 Å². The van der Waals surface area contributed by atoms with Crippen LogP contribution in [0.5, 0.6) is 5.75 Å². The third kappa shape index (κ3) is 6.34. The number of hydrogen-bond acceptors (Lipinski definition) is 4. The summed E-state index contributed by atoms with van der Waals surface area (Å²) in [5.41, 5.74) is 1.43. The number of nitriles is 1. The number of ether oxygens (including phenoxy) is 2. The zero-order valence-electron chi connectivity index (χ0n) is 19.0. The number of esters is 1. The van der Waals surface area contributed by atoms with Gasteiger partial charge < -0.3 is 9.47 Å². The van der Waals surface area contributed by atoms with Crippen molar-refractivity contribution in [2.45, 2.75) is 43.9 Å². The number of nitrogens with zero attached hydrogens (tertiary/aromatic N) is 1. The molecule has 0 heterocycles. The van der Waals surface area contributed by atoms with E-state index in [2.05, 4.69) is 31.4 Å². The maximum absolute atomic E-state index is 11.8. The molecule has 0 radical (unpaired) electrons. The van der Waals surface area contributed by atoms with Crippen LogP contribution in [0, 0.1) is 17.2 Å². The maximum Gasteiger partial charge on any atom is 0.330 e. The smallest absolute Gasteiger partial charge is 0.330 e. The van der Waals surface area contributed by atoms with Crippen LogP contribution in [-0.2, 0) is 14.9 Å². The van der Waals surface area contributed by atoms with Gasteiger partial charge in [0.25, 0.3) is 0 Å². The van der Waals surface area contributed by atoms with Gasteiger partial charge in [-0.15, -0.1) is 6.58 Å². The highest BCUT2D eigenvalue weighted by molar-refractivity contribution is 5.81. The van der Waals surface area contributed by atoms with E-state index in [9.17, 15) is 10.1 Å². The highest BCUT2D eigenvalue weighted by Gasteiger charge is 2.42. The molecule has 0 aliphatic carbocycles. The molecule has 4 heteroatoms. The molecule has 0 bridgehead atoms. The van der Waals surface area contributed by atoms with Crippen molar-refractivity contribution in [2.24, 2.45) is 5.92 Å². The fraction of sp³-hybridized carbons (Fsp3) is 0.357. The molecule has 2 aromatic carbocycles. The standard InChI is InChI=1S/C28H33NO3/c1-4-6-7-8-9-13-20-28(23-14-11-10-12-15-23,24-16-18-26(31-3)19-17-24)25(21-29)22-32-27(30)5-2/h4-5,10-12,14-19,25H,1-2,6-9,13,20,22H2,3H3. The van der Waals surface area contributed by atoms with Crippen molar-refractivity contribution in [3.8, 4) is 11.8 Å². The van der Waals surface area contributed by atoms with Crippen molar-refractivity contribution in [3.05, 3.63) is 91.0 Å². The normalized spacial score (nSPS) is 13.2. The summed E-state index contributed by atoms with van der Waals surface area (Å²) < 4.78 is 10.7. The Morgan fingerprint density at radius 1 is 1.03 bits per heavy atom. The molecule has 0 spiro atoms. The van der Waals surface area contributed by atoms with Gasteiger partial charge in [0.1, 0.15) is 12.4 Å². The zero-order chi connectivity index (χ0) is 23.2. The summed E-state index contributed by atoms with van der Waals surface area (Å²) >= 11 is 0. The van der Waals surface area contributed by atoms with Crippen LogP contribution in [0.2, 0.25) is 0 Å². The average molecular weight is 432 g/mol. The van der Waals surface area contributed by atoms with Crippen LogP contribution in [0.1, 0.15) is 49.7 Å². The second kappa shape index (κ2) is 13.2. The summed E-state index contributed by atoms with van der Waals surface area (Å²) in [6, 6.07) is 20.4. The molecule has 2 atom stereocenters. The van der Waals surface area contributed by atoms with Gasteiger partial charge in [-0.2, -0.15) is 5.26 Å². The molecule has 0 aromatic heterocycles. The van der Waals surface area contributed by atoms with Crippen LogP contribution in [0.15, 0.2) is 79.9 Å². The van der Waals surface area contributed by atoms with E-state index in [1.165, 1.54) is 0 Å². The topological polar surface area (TPSA) is 59.3 Å². The lowest BCUT2D eigenvalue weighted by atomic mass is 9.63. The number of benzene rings is 2. The molecule has 0 aliphatic rings. The number of carbonyl (C=O) groups is 1. The molecule has 0 saturated carbocycles. The predicted molar refractivity (Wildman–Crippen MR) is 128 cm³/mol. The van der Waals surface area contributed by atoms with Gasteiger partial charge in [-0.3, -0.25) is 0 Å². The van der Waals surface area contributed by atoms with Crippen LogP contribution in [-0.4, -0.2) is 19.7 Å². The fourth-order valence-corrected chi connectivity index (χ4v) is 4.22. The fourth-order valence-electron chi connectivity index (χ4n) is 4.22. The summed E-state index contributed by atoms with van der Waals surface area (Å²) in [6.07, 6.45) is 9.10. The van der Waals surface area contributed by atoms with E-state index in [1.54, 1.807) is 7.11 Å². The van der Waals surface area contributed by atoms with E-state index >= 15 is 0 Å². The highest BCUT2D eigenvalue weighted by atomic mass is 16.5. The van der Waals surface area contributed by atoms with Gasteiger partial charge in [0, 0.05) is 11.5 Å². The monoisotopic (exact) mass is 431 g/mol. The Balaban J connectivity index is 2.49. The number of carbonyl (C=O) groups excluding carboxylic acids is 1. The molecule has 0 aliphatic heterocycles. The van der Waals surface area contributed by atoms with Crippen molar-refractivity contribution in [2.75, 3.05) is 13.7 Å². The molecule has 0 fully saturated rings. The molecule has 168 valence electrons. The summed E-state index contributed by atoms with van der Waals surface area (Å²) in [5, 5.41) is 10.2. The number of allylic oxidation sites excluding steroid dienone is 1. The van der Waals surface area contributed by atoms with E-state index in [-0.39, 0.29) is 6.61 Å². The molecule has 0 saturated heterocycles. The van der Waals surface area contributed by atoms with Crippen LogP contribution in [0.3, 0.4) is 0 Å². The predicted octanol–water partition coefficient (Wildman–Crippen LogP) is 6.38. The summed E-state index contributed by atoms with van der Waals surface area (Å²) in [7, 11) is 1.63. The summed E-state index contributed by atoms with van der Waals surface area (Å²) in [5.74, 6) is -0.325. The SMILES string of the molecule is C=CCCCCCCC(c1ccccc1)(c1ccc(OC)cc1)C(C#N)COC(=O)C=C. The molecular formula is C28H33NO3. The Kier molecular flexibility index (Phi) is 10.3. The van der Waals surface area contributed by atoms with Crippen molar-refractivity contribution in [3.63, 3.8) is 0 Å². The maximum atomic E-state index is 11.8. The Hall–Kier alpha value is -3.32. The van der Waals surface area contributed by atoms with E-state index in [0.717, 1.165) is 61.5 Å². The number of rotatable bonds is 14. The first kappa shape index (κ1) is 24.9. The second-order valence-corrected chi connectivity index (χ2v) is 7.82. The van der Waals surface area contributed by atoms with Crippen LogP contribution < -0.4 is 4.74 Å². The van der Waals surface area contributed by atoms with Crippen LogP contribution in [0.25, 0.3) is 0 Å². The van der Waals surface area contributed by atoms with E-state index in [4.69, 9.17) is 9.47 Å². The average Bonchev–Trinajstić information content (AvgIpc) is 2.85. The van der Waals surface area contributed by atoms with Gasteiger partial charge in [-0.1, -0.05) is 74.4 Å². The van der Waals surface area contributed by atoms with E-state index < -0.39 is 17.3 Å². The molecule has 32 heavy (non-hydrogen) atoms. The minimum Gasteiger partial charge on any atom is -0.497 e. The molecular weight excluding hydrogens is 398 g/mol. The molecule has 2 unspecified atom stereocenters. The largest absolute Gasteiger partial charge is 0.497 e. The van der Waals surface area contributed by atoms with Crippen molar-refractivity contribution in [1.82, 2.24) is 0 Å². The Bertz CT molecular complexity index is 899. The highest BCUT2D eigenvalue weighted by Crippen LogP contribution is 2.44. The first-order valence-corrected chi connectivity index (χ1v) is 11.1. The third-order valence-corrected chi connectivity index (χ3v) is 5.93. The lowest BCUT2D eigenvalue weighted by molar-refractivity contribution is -0.139. The van der Waals surface area contributed by atoms with Crippen molar-refractivity contribution >= 4 is 5.97 Å². The van der Waals surface area contributed by atoms with Gasteiger partial charge in [0.15, 0.2) is 0 Å². The van der Waals surface area contributed by atoms with Gasteiger partial charge in [-0.05, 0) is 42.5 Å². The van der Waals surface area contributed by atoms with Gasteiger partial charge >= 0.3 is 5.97 Å². The first-order chi connectivity index (χ1) is 15.6. The Morgan fingerprint density at radius 3 is 2.28 bits per heavy atom. The minimum absolute atomic E-state index is 0.00125. The van der Waals surface area contributed by atoms with Crippen LogP contribution >= 0.6 is 0 Å². The van der Waals surface area contributed by atoms with Gasteiger partial charge in [-0.25, -0.2) is 4.79 Å². The number of methoxy groups -OCH3 is 1. The second-order valence-electron chi connectivity index (χ2n) is 7.82. The van der Waals surface area contributed by atoms with Gasteiger partial charge in [0.05, 0.1) is 19.1 Å². The van der Waals surface area contributed by atoms with Crippen molar-refractivity contribution < 1.29 is 14.3 Å². The van der Waals surface area contributed by atoms with Crippen molar-refractivity contribution in [1.29, 1.82) is 5.26 Å². The number of hydrogen-bond donors (Lipinski definition) is 0. The molecule has 2 rings (SSSR count). The molecule has 0 amide bonds. The Labute approximate surface area is 192 Å². The van der Waals surface area contributed by atoms with E-state index in [1.807, 2.05) is 48.5 Å². The lowest BCUT2D eigenvalue weighted by Gasteiger charge is -2.39. The molecule has 2 aromatic rings. The quantitative estimate of drug-likeness (QED) is 0.151.